The van der Waals surface area contributed by atoms with Crippen LogP contribution in [0.3, 0.4) is 0 Å². The van der Waals surface area contributed by atoms with Gasteiger partial charge in [-0.2, -0.15) is 0 Å². The maximum Gasteiger partial charge on any atom is 0.0462 e. The lowest BCUT2D eigenvalue weighted by atomic mass is 10.2. The maximum atomic E-state index is 5.00. The maximum absolute atomic E-state index is 5.00. The van der Waals surface area contributed by atoms with Crippen molar-refractivity contribution in [3.63, 3.8) is 0 Å². The third-order valence-electron chi connectivity index (χ3n) is 2.20. The van der Waals surface area contributed by atoms with E-state index in [4.69, 9.17) is 4.74 Å². The molecule has 0 aromatic carbocycles. The van der Waals surface area contributed by atoms with Crippen LogP contribution in [0.5, 0.6) is 0 Å². The van der Waals surface area contributed by atoms with Gasteiger partial charge in [0.25, 0.3) is 0 Å². The molecule has 80 valence electrons. The van der Waals surface area contributed by atoms with E-state index in [0.29, 0.717) is 6.04 Å². The van der Waals surface area contributed by atoms with Crippen molar-refractivity contribution in [2.75, 3.05) is 20.3 Å². The van der Waals surface area contributed by atoms with Gasteiger partial charge in [0.05, 0.1) is 0 Å². The molecule has 0 aliphatic rings. The topological polar surface area (TPSA) is 21.3 Å². The summed E-state index contributed by atoms with van der Waals surface area (Å²) >= 11 is 1.81. The van der Waals surface area contributed by atoms with Crippen molar-refractivity contribution in [2.45, 2.75) is 25.8 Å². The standard InChI is InChI=1S/C11H19NOS/c1-10(11-6-5-9-14-11)12-7-3-4-8-13-2/h5-6,9-10,12H,3-4,7-8H2,1-2H3/t10-/m0/s1. The van der Waals surface area contributed by atoms with E-state index in [1.54, 1.807) is 7.11 Å². The lowest BCUT2D eigenvalue weighted by Gasteiger charge is -2.11. The molecule has 0 bridgehead atoms. The number of methoxy groups -OCH3 is 1. The molecule has 0 saturated carbocycles. The van der Waals surface area contributed by atoms with Crippen LogP contribution in [0.25, 0.3) is 0 Å². The smallest absolute Gasteiger partial charge is 0.0462 e. The van der Waals surface area contributed by atoms with E-state index in [-0.39, 0.29) is 0 Å². The summed E-state index contributed by atoms with van der Waals surface area (Å²) in [7, 11) is 1.75. The van der Waals surface area contributed by atoms with Crippen LogP contribution < -0.4 is 5.32 Å². The van der Waals surface area contributed by atoms with Crippen molar-refractivity contribution in [2.24, 2.45) is 0 Å². The Morgan fingerprint density at radius 2 is 2.36 bits per heavy atom. The minimum Gasteiger partial charge on any atom is -0.385 e. The van der Waals surface area contributed by atoms with Gasteiger partial charge in [-0.25, -0.2) is 0 Å². The highest BCUT2D eigenvalue weighted by molar-refractivity contribution is 7.10. The van der Waals surface area contributed by atoms with Crippen LogP contribution in [0.1, 0.15) is 30.7 Å². The second-order valence-corrected chi connectivity index (χ2v) is 4.37. The fourth-order valence-corrected chi connectivity index (χ4v) is 2.09. The SMILES string of the molecule is COCCCCN[C@@H](C)c1cccs1. The fraction of sp³-hybridized carbons (Fsp3) is 0.636. The molecule has 1 atom stereocenters. The Morgan fingerprint density at radius 3 is 3.00 bits per heavy atom. The third-order valence-corrected chi connectivity index (χ3v) is 3.25. The quantitative estimate of drug-likeness (QED) is 0.703. The van der Waals surface area contributed by atoms with Gasteiger partial charge in [-0.1, -0.05) is 6.07 Å². The van der Waals surface area contributed by atoms with Crippen LogP contribution in [0, 0.1) is 0 Å². The van der Waals surface area contributed by atoms with Crippen LogP contribution in [0.15, 0.2) is 17.5 Å². The first-order chi connectivity index (χ1) is 6.84. The first-order valence-electron chi connectivity index (χ1n) is 5.10. The Hall–Kier alpha value is -0.380. The first kappa shape index (κ1) is 11.7. The summed E-state index contributed by atoms with van der Waals surface area (Å²) in [5, 5.41) is 5.62. The number of hydrogen-bond donors (Lipinski definition) is 1. The predicted octanol–water partition coefficient (Wildman–Crippen LogP) is 2.83. The van der Waals surface area contributed by atoms with Crippen molar-refractivity contribution in [3.05, 3.63) is 22.4 Å². The van der Waals surface area contributed by atoms with Crippen LogP contribution in [-0.2, 0) is 4.74 Å². The summed E-state index contributed by atoms with van der Waals surface area (Å²) in [6, 6.07) is 4.76. The number of unbranched alkanes of at least 4 members (excludes halogenated alkanes) is 1. The molecule has 1 aromatic heterocycles. The molecule has 0 spiro atoms. The average Bonchev–Trinajstić information content (AvgIpc) is 2.70. The normalized spacial score (nSPS) is 13.0. The van der Waals surface area contributed by atoms with Crippen molar-refractivity contribution < 1.29 is 4.74 Å². The van der Waals surface area contributed by atoms with Crippen molar-refractivity contribution in [1.82, 2.24) is 5.32 Å². The van der Waals surface area contributed by atoms with E-state index in [0.717, 1.165) is 19.6 Å². The van der Waals surface area contributed by atoms with E-state index in [9.17, 15) is 0 Å². The van der Waals surface area contributed by atoms with Gasteiger partial charge in [0.2, 0.25) is 0 Å². The second kappa shape index (κ2) is 6.98. The summed E-state index contributed by atoms with van der Waals surface area (Å²) in [4.78, 5) is 1.41. The molecular weight excluding hydrogens is 194 g/mol. The summed E-state index contributed by atoms with van der Waals surface area (Å²) in [6.45, 7) is 4.15. The summed E-state index contributed by atoms with van der Waals surface area (Å²) in [6.07, 6.45) is 2.32. The molecule has 0 amide bonds. The molecule has 0 saturated heterocycles. The van der Waals surface area contributed by atoms with Gasteiger partial charge in [0, 0.05) is 24.6 Å². The van der Waals surface area contributed by atoms with Gasteiger partial charge in [0.1, 0.15) is 0 Å². The van der Waals surface area contributed by atoms with Crippen molar-refractivity contribution >= 4 is 11.3 Å². The largest absolute Gasteiger partial charge is 0.385 e. The van der Waals surface area contributed by atoms with Crippen molar-refractivity contribution in [3.8, 4) is 0 Å². The number of ether oxygens (including phenoxy) is 1. The summed E-state index contributed by atoms with van der Waals surface area (Å²) in [5.41, 5.74) is 0. The van der Waals surface area contributed by atoms with E-state index in [1.807, 2.05) is 11.3 Å². The average molecular weight is 213 g/mol. The number of rotatable bonds is 7. The highest BCUT2D eigenvalue weighted by Crippen LogP contribution is 2.17. The zero-order chi connectivity index (χ0) is 10.2. The van der Waals surface area contributed by atoms with Crippen LogP contribution in [0.4, 0.5) is 0 Å². The predicted molar refractivity (Wildman–Crippen MR) is 61.8 cm³/mol. The molecular formula is C11H19NOS. The zero-order valence-electron chi connectivity index (χ0n) is 8.95. The Morgan fingerprint density at radius 1 is 1.50 bits per heavy atom. The minimum absolute atomic E-state index is 0.484. The number of nitrogens with one attached hydrogen (secondary N) is 1. The van der Waals surface area contributed by atoms with Crippen LogP contribution in [0.2, 0.25) is 0 Å². The fourth-order valence-electron chi connectivity index (χ4n) is 1.33. The van der Waals surface area contributed by atoms with E-state index in [1.165, 1.54) is 11.3 Å². The van der Waals surface area contributed by atoms with E-state index < -0.39 is 0 Å². The highest BCUT2D eigenvalue weighted by Gasteiger charge is 2.03. The Labute approximate surface area is 90.3 Å². The van der Waals surface area contributed by atoms with Gasteiger partial charge in [-0.15, -0.1) is 11.3 Å². The molecule has 3 heteroatoms. The van der Waals surface area contributed by atoms with Crippen LogP contribution in [-0.4, -0.2) is 20.3 Å². The molecule has 1 N–H and O–H groups in total. The molecule has 1 heterocycles. The molecule has 2 nitrogen and oxygen atoms in total. The first-order valence-corrected chi connectivity index (χ1v) is 5.98. The van der Waals surface area contributed by atoms with Gasteiger partial charge in [0.15, 0.2) is 0 Å². The summed E-state index contributed by atoms with van der Waals surface area (Å²) in [5.74, 6) is 0. The van der Waals surface area contributed by atoms with Crippen molar-refractivity contribution in [1.29, 1.82) is 0 Å². The minimum atomic E-state index is 0.484. The molecule has 1 aromatic rings. The van der Waals surface area contributed by atoms with E-state index in [2.05, 4.69) is 29.8 Å². The lowest BCUT2D eigenvalue weighted by Crippen LogP contribution is -2.19. The Bertz CT molecular complexity index is 223. The molecule has 0 unspecified atom stereocenters. The highest BCUT2D eigenvalue weighted by atomic mass is 32.1. The molecule has 0 radical (unpaired) electrons. The Kier molecular flexibility index (Phi) is 5.83. The van der Waals surface area contributed by atoms with Gasteiger partial charge < -0.3 is 10.1 Å². The molecule has 0 aliphatic heterocycles. The Balaban J connectivity index is 2.07. The monoisotopic (exact) mass is 213 g/mol. The molecule has 0 fully saturated rings. The third kappa shape index (κ3) is 4.22. The summed E-state index contributed by atoms with van der Waals surface area (Å²) < 4.78 is 5.00. The second-order valence-electron chi connectivity index (χ2n) is 3.39. The molecule has 1 rings (SSSR count). The molecule has 14 heavy (non-hydrogen) atoms. The van der Waals surface area contributed by atoms with Gasteiger partial charge in [-0.05, 0) is 37.8 Å². The van der Waals surface area contributed by atoms with Gasteiger partial charge in [-0.3, -0.25) is 0 Å². The number of hydrogen-bond acceptors (Lipinski definition) is 3. The van der Waals surface area contributed by atoms with Crippen LogP contribution >= 0.6 is 11.3 Å². The van der Waals surface area contributed by atoms with Gasteiger partial charge >= 0.3 is 0 Å². The van der Waals surface area contributed by atoms with E-state index >= 15 is 0 Å². The molecule has 0 aliphatic carbocycles. The zero-order valence-corrected chi connectivity index (χ0v) is 9.77. The number of thiophene rings is 1. The lowest BCUT2D eigenvalue weighted by molar-refractivity contribution is 0.192.